The number of halogens is 3. The van der Waals surface area contributed by atoms with Crippen molar-refractivity contribution in [3.63, 3.8) is 0 Å². The van der Waals surface area contributed by atoms with Gasteiger partial charge >= 0.3 is 6.18 Å². The second kappa shape index (κ2) is 6.88. The van der Waals surface area contributed by atoms with E-state index in [1.54, 1.807) is 0 Å². The van der Waals surface area contributed by atoms with E-state index in [-0.39, 0.29) is 23.7 Å². The van der Waals surface area contributed by atoms with E-state index in [1.807, 2.05) is 19.0 Å². The van der Waals surface area contributed by atoms with E-state index < -0.39 is 11.7 Å². The molecule has 4 nitrogen and oxygen atoms in total. The van der Waals surface area contributed by atoms with Crippen molar-refractivity contribution >= 4 is 11.6 Å². The third-order valence-electron chi connectivity index (χ3n) is 4.11. The Morgan fingerprint density at radius 3 is 2.61 bits per heavy atom. The van der Waals surface area contributed by atoms with Crippen LogP contribution >= 0.6 is 0 Å². The average Bonchev–Trinajstić information content (AvgIpc) is 2.87. The number of hydrogen-bond donors (Lipinski definition) is 1. The van der Waals surface area contributed by atoms with Gasteiger partial charge in [-0.3, -0.25) is 9.69 Å². The minimum Gasteiger partial charge on any atom is -0.326 e. The molecule has 1 amide bonds. The third-order valence-corrected chi connectivity index (χ3v) is 4.11. The van der Waals surface area contributed by atoms with Crippen molar-refractivity contribution in [2.24, 2.45) is 0 Å². The van der Waals surface area contributed by atoms with Crippen LogP contribution in [0.4, 0.5) is 18.9 Å². The number of carbonyl (C=O) groups excluding carboxylic acids is 1. The van der Waals surface area contributed by atoms with E-state index in [0.717, 1.165) is 25.6 Å². The number of benzene rings is 1. The average molecular weight is 329 g/mol. The molecule has 1 aromatic carbocycles. The van der Waals surface area contributed by atoms with Crippen LogP contribution in [-0.4, -0.2) is 48.9 Å². The molecule has 1 saturated heterocycles. The maximum absolute atomic E-state index is 13.3. The lowest BCUT2D eigenvalue weighted by molar-refractivity contribution is -0.138. The first-order valence-corrected chi connectivity index (χ1v) is 7.53. The highest BCUT2D eigenvalue weighted by atomic mass is 19.4. The number of nitrogens with zero attached hydrogens (tertiary/aromatic N) is 2. The highest BCUT2D eigenvalue weighted by Crippen LogP contribution is 2.35. The largest absolute Gasteiger partial charge is 0.416 e. The van der Waals surface area contributed by atoms with Gasteiger partial charge in [0.15, 0.2) is 0 Å². The minimum absolute atomic E-state index is 0.168. The topological polar surface area (TPSA) is 35.6 Å². The maximum atomic E-state index is 13.3. The van der Waals surface area contributed by atoms with Gasteiger partial charge in [-0.25, -0.2) is 0 Å². The summed E-state index contributed by atoms with van der Waals surface area (Å²) >= 11 is 0. The van der Waals surface area contributed by atoms with Crippen LogP contribution in [0.25, 0.3) is 0 Å². The second-order valence-electron chi connectivity index (χ2n) is 6.19. The SMILES string of the molecule is CC(=O)Nc1ccc(CN2CCC(N(C)C)C2)c(C(F)(F)F)c1. The number of anilines is 1. The van der Waals surface area contributed by atoms with Crippen LogP contribution in [0, 0.1) is 0 Å². The monoisotopic (exact) mass is 329 g/mol. The molecule has 0 radical (unpaired) electrons. The number of alkyl halides is 3. The summed E-state index contributed by atoms with van der Waals surface area (Å²) in [5, 5.41) is 2.40. The standard InChI is InChI=1S/C16H22F3N3O/c1-11(23)20-13-5-4-12(15(8-13)16(17,18)19)9-22-7-6-14(10-22)21(2)3/h4-5,8,14H,6-7,9-10H2,1-3H3,(H,20,23). The van der Waals surface area contributed by atoms with Crippen LogP contribution in [-0.2, 0) is 17.5 Å². The fourth-order valence-corrected chi connectivity index (χ4v) is 2.88. The first-order chi connectivity index (χ1) is 10.7. The number of nitrogens with one attached hydrogen (secondary N) is 1. The molecule has 1 atom stereocenters. The summed E-state index contributed by atoms with van der Waals surface area (Å²) in [6, 6.07) is 4.36. The smallest absolute Gasteiger partial charge is 0.326 e. The molecule has 0 aromatic heterocycles. The van der Waals surface area contributed by atoms with Gasteiger partial charge in [-0.2, -0.15) is 13.2 Å². The summed E-state index contributed by atoms with van der Waals surface area (Å²) in [6.45, 7) is 3.08. The van der Waals surface area contributed by atoms with Crippen LogP contribution in [0.15, 0.2) is 18.2 Å². The van der Waals surface area contributed by atoms with Crippen molar-refractivity contribution < 1.29 is 18.0 Å². The van der Waals surface area contributed by atoms with E-state index in [0.29, 0.717) is 6.04 Å². The van der Waals surface area contributed by atoms with Crippen molar-refractivity contribution in [1.29, 1.82) is 0 Å². The lowest BCUT2D eigenvalue weighted by atomic mass is 10.1. The van der Waals surface area contributed by atoms with Gasteiger partial charge < -0.3 is 10.2 Å². The predicted molar refractivity (Wildman–Crippen MR) is 83.1 cm³/mol. The Hall–Kier alpha value is -1.60. The van der Waals surface area contributed by atoms with Gasteiger partial charge in [0.25, 0.3) is 0 Å². The molecular formula is C16H22F3N3O. The molecule has 0 saturated carbocycles. The van der Waals surface area contributed by atoms with Crippen molar-refractivity contribution in [3.05, 3.63) is 29.3 Å². The Balaban J connectivity index is 2.19. The first kappa shape index (κ1) is 17.7. The fourth-order valence-electron chi connectivity index (χ4n) is 2.88. The minimum atomic E-state index is -4.44. The molecule has 0 bridgehead atoms. The third kappa shape index (κ3) is 4.68. The van der Waals surface area contributed by atoms with Gasteiger partial charge in [0.2, 0.25) is 5.91 Å². The summed E-state index contributed by atoms with van der Waals surface area (Å²) in [7, 11) is 3.97. The normalized spacial score (nSPS) is 19.3. The molecule has 0 spiro atoms. The molecule has 0 aliphatic carbocycles. The van der Waals surface area contributed by atoms with Gasteiger partial charge in [-0.1, -0.05) is 6.07 Å². The Bertz CT molecular complexity index is 572. The molecule has 2 rings (SSSR count). The van der Waals surface area contributed by atoms with Gasteiger partial charge in [0.05, 0.1) is 5.56 Å². The quantitative estimate of drug-likeness (QED) is 0.923. The van der Waals surface area contributed by atoms with Crippen molar-refractivity contribution in [3.8, 4) is 0 Å². The van der Waals surface area contributed by atoms with Crippen molar-refractivity contribution in [1.82, 2.24) is 9.80 Å². The number of amides is 1. The van der Waals surface area contributed by atoms with Crippen LogP contribution in [0.2, 0.25) is 0 Å². The Morgan fingerprint density at radius 2 is 2.09 bits per heavy atom. The van der Waals surface area contributed by atoms with Crippen LogP contribution < -0.4 is 5.32 Å². The molecular weight excluding hydrogens is 307 g/mol. The molecule has 1 unspecified atom stereocenters. The van der Waals surface area contributed by atoms with Crippen LogP contribution in [0.3, 0.4) is 0 Å². The van der Waals surface area contributed by atoms with Gasteiger partial charge in [-0.05, 0) is 38.2 Å². The maximum Gasteiger partial charge on any atom is 0.416 e. The number of hydrogen-bond acceptors (Lipinski definition) is 3. The summed E-state index contributed by atoms with van der Waals surface area (Å²) < 4.78 is 39.9. The zero-order chi connectivity index (χ0) is 17.2. The lowest BCUT2D eigenvalue weighted by Gasteiger charge is -2.22. The van der Waals surface area contributed by atoms with Gasteiger partial charge in [0, 0.05) is 38.3 Å². The molecule has 1 fully saturated rings. The Kier molecular flexibility index (Phi) is 5.31. The van der Waals surface area contributed by atoms with Crippen LogP contribution in [0.5, 0.6) is 0 Å². The number of likely N-dealkylation sites (N-methyl/N-ethyl adjacent to an activating group) is 1. The van der Waals surface area contributed by atoms with Crippen molar-refractivity contribution in [2.75, 3.05) is 32.5 Å². The molecule has 7 heteroatoms. The Labute approximate surface area is 134 Å². The van der Waals surface area contributed by atoms with E-state index in [4.69, 9.17) is 0 Å². The zero-order valence-electron chi connectivity index (χ0n) is 13.6. The van der Waals surface area contributed by atoms with Crippen molar-refractivity contribution in [2.45, 2.75) is 32.1 Å². The predicted octanol–water partition coefficient (Wildman–Crippen LogP) is 2.80. The van der Waals surface area contributed by atoms with E-state index >= 15 is 0 Å². The van der Waals surface area contributed by atoms with Gasteiger partial charge in [-0.15, -0.1) is 0 Å². The first-order valence-electron chi connectivity index (χ1n) is 7.53. The van der Waals surface area contributed by atoms with E-state index in [2.05, 4.69) is 10.2 Å². The molecule has 1 aliphatic heterocycles. The zero-order valence-corrected chi connectivity index (χ0v) is 13.6. The summed E-state index contributed by atoms with van der Waals surface area (Å²) in [6.07, 6.45) is -3.48. The number of likely N-dealkylation sites (tertiary alicyclic amines) is 1. The summed E-state index contributed by atoms with van der Waals surface area (Å²) in [5.41, 5.74) is -0.274. The molecule has 23 heavy (non-hydrogen) atoms. The lowest BCUT2D eigenvalue weighted by Crippen LogP contribution is -2.31. The molecule has 1 aromatic rings. The summed E-state index contributed by atoms with van der Waals surface area (Å²) in [4.78, 5) is 15.2. The molecule has 128 valence electrons. The molecule has 1 aliphatic rings. The van der Waals surface area contributed by atoms with E-state index in [9.17, 15) is 18.0 Å². The van der Waals surface area contributed by atoms with Gasteiger partial charge in [0.1, 0.15) is 0 Å². The highest BCUT2D eigenvalue weighted by molar-refractivity contribution is 5.88. The highest BCUT2D eigenvalue weighted by Gasteiger charge is 2.35. The fraction of sp³-hybridized carbons (Fsp3) is 0.562. The Morgan fingerprint density at radius 1 is 1.39 bits per heavy atom. The van der Waals surface area contributed by atoms with E-state index in [1.165, 1.54) is 19.1 Å². The molecule has 1 heterocycles. The second-order valence-corrected chi connectivity index (χ2v) is 6.19. The van der Waals surface area contributed by atoms with Crippen LogP contribution in [0.1, 0.15) is 24.5 Å². The molecule has 1 N–H and O–H groups in total. The number of rotatable bonds is 4. The number of carbonyl (C=O) groups is 1. The summed E-state index contributed by atoms with van der Waals surface area (Å²) in [5.74, 6) is -0.390.